The molecular weight excluding hydrogens is 324 g/mol. The van der Waals surface area contributed by atoms with Gasteiger partial charge in [0, 0.05) is 10.6 Å². The summed E-state index contributed by atoms with van der Waals surface area (Å²) in [4.78, 5) is 28.5. The van der Waals surface area contributed by atoms with Gasteiger partial charge in [-0.2, -0.15) is 0 Å². The molecule has 1 aromatic carbocycles. The van der Waals surface area contributed by atoms with Gasteiger partial charge >= 0.3 is 5.97 Å². The summed E-state index contributed by atoms with van der Waals surface area (Å²) in [5, 5.41) is 3.96. The van der Waals surface area contributed by atoms with E-state index < -0.39 is 12.0 Å². The lowest BCUT2D eigenvalue weighted by molar-refractivity contribution is -0.142. The molecule has 1 aromatic heterocycles. The molecule has 7 heteroatoms. The van der Waals surface area contributed by atoms with E-state index in [0.29, 0.717) is 15.6 Å². The summed E-state index contributed by atoms with van der Waals surface area (Å²) in [5.41, 5.74) is 1.50. The molecule has 0 aliphatic rings. The molecule has 1 amide bonds. The van der Waals surface area contributed by atoms with E-state index in [1.807, 2.05) is 12.1 Å². The predicted octanol–water partition coefficient (Wildman–Crippen LogP) is 3.06. The largest absolute Gasteiger partial charge is 0.467 e. The highest BCUT2D eigenvalue weighted by Gasteiger charge is 2.21. The van der Waals surface area contributed by atoms with Crippen LogP contribution in [0.15, 0.2) is 24.3 Å². The summed E-state index contributed by atoms with van der Waals surface area (Å²) < 4.78 is 4.59. The Bertz CT molecular complexity index is 697. The molecule has 1 N–H and O–H groups in total. The molecule has 0 spiro atoms. The molecule has 0 unspecified atom stereocenters. The van der Waals surface area contributed by atoms with Crippen molar-refractivity contribution in [3.8, 4) is 10.6 Å². The fourth-order valence-electron chi connectivity index (χ4n) is 1.82. The summed E-state index contributed by atoms with van der Waals surface area (Å²) in [6, 6.07) is 6.52. The van der Waals surface area contributed by atoms with Crippen molar-refractivity contribution in [2.24, 2.45) is 0 Å². The van der Waals surface area contributed by atoms with Crippen LogP contribution in [0.25, 0.3) is 10.6 Å². The number of nitrogens with one attached hydrogen (secondary N) is 1. The number of thiazole rings is 1. The number of halogens is 1. The molecule has 1 heterocycles. The Kier molecular flexibility index (Phi) is 5.15. The number of esters is 1. The van der Waals surface area contributed by atoms with E-state index in [-0.39, 0.29) is 5.91 Å². The zero-order valence-electron chi connectivity index (χ0n) is 12.3. The second kappa shape index (κ2) is 6.89. The van der Waals surface area contributed by atoms with E-state index in [9.17, 15) is 9.59 Å². The monoisotopic (exact) mass is 338 g/mol. The van der Waals surface area contributed by atoms with E-state index >= 15 is 0 Å². The fraction of sp³-hybridized carbons (Fsp3) is 0.267. The zero-order chi connectivity index (χ0) is 16.3. The molecule has 0 aliphatic heterocycles. The van der Waals surface area contributed by atoms with Crippen LogP contribution in [0, 0.1) is 6.92 Å². The first-order valence-corrected chi connectivity index (χ1v) is 7.74. The minimum Gasteiger partial charge on any atom is -0.467 e. The Morgan fingerprint density at radius 2 is 1.95 bits per heavy atom. The Morgan fingerprint density at radius 1 is 1.32 bits per heavy atom. The van der Waals surface area contributed by atoms with Crippen molar-refractivity contribution in [1.82, 2.24) is 10.3 Å². The number of aromatic nitrogens is 1. The van der Waals surface area contributed by atoms with Crippen LogP contribution in [0.4, 0.5) is 0 Å². The van der Waals surface area contributed by atoms with Gasteiger partial charge in [-0.05, 0) is 26.0 Å². The maximum absolute atomic E-state index is 12.2. The Hall–Kier alpha value is -1.92. The third-order valence-corrected chi connectivity index (χ3v) is 4.45. The average molecular weight is 339 g/mol. The molecule has 2 aromatic rings. The number of hydrogen-bond donors (Lipinski definition) is 1. The molecule has 0 radical (unpaired) electrons. The fourth-order valence-corrected chi connectivity index (χ4v) is 2.92. The number of rotatable bonds is 4. The maximum Gasteiger partial charge on any atom is 0.328 e. The average Bonchev–Trinajstić information content (AvgIpc) is 2.89. The normalized spacial score (nSPS) is 11.8. The Balaban J connectivity index is 2.21. The number of ether oxygens (including phenoxy) is 1. The molecule has 22 heavy (non-hydrogen) atoms. The third-order valence-electron chi connectivity index (χ3n) is 3.00. The van der Waals surface area contributed by atoms with Crippen molar-refractivity contribution in [1.29, 1.82) is 0 Å². The molecule has 5 nitrogen and oxygen atoms in total. The van der Waals surface area contributed by atoms with Gasteiger partial charge in [0.2, 0.25) is 0 Å². The Morgan fingerprint density at radius 3 is 2.55 bits per heavy atom. The van der Waals surface area contributed by atoms with Crippen molar-refractivity contribution in [3.63, 3.8) is 0 Å². The minimum atomic E-state index is -0.710. The lowest BCUT2D eigenvalue weighted by Gasteiger charge is -2.10. The van der Waals surface area contributed by atoms with E-state index in [0.717, 1.165) is 10.6 Å². The highest BCUT2D eigenvalue weighted by molar-refractivity contribution is 7.17. The van der Waals surface area contributed by atoms with Gasteiger partial charge in [-0.25, -0.2) is 9.78 Å². The standard InChI is InChI=1S/C15H15ClN2O3S/c1-8-12(13(19)17-9(2)15(20)21-3)22-14(18-8)10-4-6-11(16)7-5-10/h4-7,9H,1-3H3,(H,17,19)/t9-/m1/s1. The molecule has 0 aliphatic carbocycles. The van der Waals surface area contributed by atoms with Crippen LogP contribution in [0.3, 0.4) is 0 Å². The molecule has 0 saturated carbocycles. The quantitative estimate of drug-likeness (QED) is 0.870. The van der Waals surface area contributed by atoms with Gasteiger partial charge in [0.1, 0.15) is 15.9 Å². The lowest BCUT2D eigenvalue weighted by Crippen LogP contribution is -2.39. The summed E-state index contributed by atoms with van der Waals surface area (Å²) in [5.74, 6) is -0.832. The van der Waals surface area contributed by atoms with Gasteiger partial charge in [-0.15, -0.1) is 11.3 Å². The third kappa shape index (κ3) is 3.64. The number of methoxy groups -OCH3 is 1. The molecule has 0 saturated heterocycles. The van der Waals surface area contributed by atoms with E-state index in [4.69, 9.17) is 11.6 Å². The first-order valence-electron chi connectivity index (χ1n) is 6.54. The number of carbonyl (C=O) groups excluding carboxylic acids is 2. The van der Waals surface area contributed by atoms with Crippen molar-refractivity contribution in [3.05, 3.63) is 39.9 Å². The number of carbonyl (C=O) groups is 2. The van der Waals surface area contributed by atoms with Crippen LogP contribution in [0.1, 0.15) is 22.3 Å². The van der Waals surface area contributed by atoms with Crippen molar-refractivity contribution >= 4 is 34.8 Å². The minimum absolute atomic E-state index is 0.340. The second-order valence-corrected chi connectivity index (χ2v) is 6.09. The second-order valence-electron chi connectivity index (χ2n) is 4.66. The molecule has 2 rings (SSSR count). The lowest BCUT2D eigenvalue weighted by atomic mass is 10.2. The van der Waals surface area contributed by atoms with Crippen molar-refractivity contribution < 1.29 is 14.3 Å². The number of benzene rings is 1. The molecule has 0 fully saturated rings. The van der Waals surface area contributed by atoms with E-state index in [1.165, 1.54) is 18.4 Å². The zero-order valence-corrected chi connectivity index (χ0v) is 13.9. The highest BCUT2D eigenvalue weighted by atomic mass is 35.5. The van der Waals surface area contributed by atoms with E-state index in [2.05, 4.69) is 15.0 Å². The van der Waals surface area contributed by atoms with Gasteiger partial charge in [0.15, 0.2) is 0 Å². The van der Waals surface area contributed by atoms with Crippen molar-refractivity contribution in [2.75, 3.05) is 7.11 Å². The van der Waals surface area contributed by atoms with Crippen LogP contribution in [0.5, 0.6) is 0 Å². The van der Waals surface area contributed by atoms with Gasteiger partial charge in [-0.1, -0.05) is 23.7 Å². The van der Waals surface area contributed by atoms with Gasteiger partial charge < -0.3 is 10.1 Å². The molecule has 1 atom stereocenters. The number of aryl methyl sites for hydroxylation is 1. The smallest absolute Gasteiger partial charge is 0.328 e. The summed E-state index contributed by atoms with van der Waals surface area (Å²) in [6.07, 6.45) is 0. The number of nitrogens with zero attached hydrogens (tertiary/aromatic N) is 1. The number of amides is 1. The first kappa shape index (κ1) is 16.5. The van der Waals surface area contributed by atoms with E-state index in [1.54, 1.807) is 26.0 Å². The predicted molar refractivity (Wildman–Crippen MR) is 86.2 cm³/mol. The van der Waals surface area contributed by atoms with Crippen LogP contribution in [-0.2, 0) is 9.53 Å². The molecular formula is C15H15ClN2O3S. The van der Waals surface area contributed by atoms with Crippen LogP contribution in [-0.4, -0.2) is 30.0 Å². The Labute approximate surface area is 137 Å². The summed E-state index contributed by atoms with van der Waals surface area (Å²) in [6.45, 7) is 3.33. The van der Waals surface area contributed by atoms with Crippen LogP contribution >= 0.6 is 22.9 Å². The maximum atomic E-state index is 12.2. The summed E-state index contributed by atoms with van der Waals surface area (Å²) >= 11 is 7.13. The van der Waals surface area contributed by atoms with Gasteiger partial charge in [0.25, 0.3) is 5.91 Å². The topological polar surface area (TPSA) is 68.3 Å². The first-order chi connectivity index (χ1) is 10.4. The SMILES string of the molecule is COC(=O)[C@@H](C)NC(=O)c1sc(-c2ccc(Cl)cc2)nc1C. The van der Waals surface area contributed by atoms with Crippen LogP contribution in [0.2, 0.25) is 5.02 Å². The molecule has 116 valence electrons. The van der Waals surface area contributed by atoms with Gasteiger partial charge in [0.05, 0.1) is 12.8 Å². The number of hydrogen-bond acceptors (Lipinski definition) is 5. The highest BCUT2D eigenvalue weighted by Crippen LogP contribution is 2.28. The van der Waals surface area contributed by atoms with Crippen molar-refractivity contribution in [2.45, 2.75) is 19.9 Å². The molecule has 0 bridgehead atoms. The summed E-state index contributed by atoms with van der Waals surface area (Å²) in [7, 11) is 1.28. The van der Waals surface area contributed by atoms with Crippen LogP contribution < -0.4 is 5.32 Å². The van der Waals surface area contributed by atoms with Gasteiger partial charge in [-0.3, -0.25) is 4.79 Å².